The maximum absolute atomic E-state index is 12.3. The molecule has 2 aromatic heterocycles. The van der Waals surface area contributed by atoms with Crippen LogP contribution >= 0.6 is 11.3 Å². The number of carboxylic acid groups (broad SMARTS) is 1. The Balaban J connectivity index is 2.56. The van der Waals surface area contributed by atoms with Crippen molar-refractivity contribution >= 4 is 32.4 Å². The van der Waals surface area contributed by atoms with Gasteiger partial charge in [-0.25, -0.2) is 13.5 Å². The molecule has 2 aromatic rings. The van der Waals surface area contributed by atoms with Crippen molar-refractivity contribution in [2.45, 2.75) is 32.7 Å². The highest BCUT2D eigenvalue weighted by atomic mass is 32.1. The quantitative estimate of drug-likeness (QED) is 0.849. The second-order valence-corrected chi connectivity index (χ2v) is 6.07. The highest BCUT2D eigenvalue weighted by Crippen LogP contribution is 2.31. The summed E-state index contributed by atoms with van der Waals surface area (Å²) in [5, 5.41) is 16.5. The van der Waals surface area contributed by atoms with Crippen molar-refractivity contribution in [1.82, 2.24) is 9.78 Å². The van der Waals surface area contributed by atoms with Crippen molar-refractivity contribution in [3.8, 4) is 0 Å². The first-order valence-electron chi connectivity index (χ1n) is 6.58. The van der Waals surface area contributed by atoms with Gasteiger partial charge in [0.25, 0.3) is 12.0 Å². The second kappa shape index (κ2) is 6.39. The minimum atomic E-state index is -2.50. The van der Waals surface area contributed by atoms with Crippen molar-refractivity contribution in [3.05, 3.63) is 22.1 Å². The summed E-state index contributed by atoms with van der Waals surface area (Å²) < 4.78 is 25.8. The zero-order valence-corrected chi connectivity index (χ0v) is 12.8. The van der Waals surface area contributed by atoms with Crippen LogP contribution in [0.25, 0.3) is 10.1 Å². The van der Waals surface area contributed by atoms with Crippen LogP contribution in [-0.4, -0.2) is 33.8 Å². The van der Waals surface area contributed by atoms with E-state index in [-0.39, 0.29) is 5.92 Å². The fraction of sp³-hybridized carbons (Fsp3) is 0.462. The highest BCUT2D eigenvalue weighted by molar-refractivity contribution is 7.22. The van der Waals surface area contributed by atoms with Gasteiger partial charge in [-0.2, -0.15) is 5.10 Å². The Morgan fingerprint density at radius 1 is 1.50 bits per heavy atom. The molecule has 6 nitrogen and oxygen atoms in total. The lowest BCUT2D eigenvalue weighted by atomic mass is 10.1. The summed E-state index contributed by atoms with van der Waals surface area (Å²) in [6.07, 6.45) is -2.50. The predicted molar refractivity (Wildman–Crippen MR) is 80.1 cm³/mol. The molecule has 0 saturated heterocycles. The smallest absolute Gasteiger partial charge is 0.325 e. The molecule has 0 amide bonds. The molecule has 22 heavy (non-hydrogen) atoms. The second-order valence-electron chi connectivity index (χ2n) is 5.02. The zero-order valence-electron chi connectivity index (χ0n) is 12.0. The summed E-state index contributed by atoms with van der Waals surface area (Å²) in [6.45, 7) is 2.68. The number of carbonyl (C=O) groups is 1. The minimum Gasteiger partial charge on any atom is -0.480 e. The number of thiophene rings is 1. The van der Waals surface area contributed by atoms with Crippen LogP contribution in [0.4, 0.5) is 13.8 Å². The molecule has 0 aliphatic carbocycles. The molecule has 2 N–H and O–H groups in total. The normalized spacial score (nSPS) is 11.5. The number of hydrogen-bond acceptors (Lipinski definition) is 5. The van der Waals surface area contributed by atoms with Gasteiger partial charge >= 0.3 is 5.97 Å². The first kappa shape index (κ1) is 16.3. The first-order valence-corrected chi connectivity index (χ1v) is 7.39. The highest BCUT2D eigenvalue weighted by Gasteiger charge is 2.18. The fourth-order valence-electron chi connectivity index (χ4n) is 2.01. The summed E-state index contributed by atoms with van der Waals surface area (Å²) in [5.74, 6) is -1.21. The molecule has 0 bridgehead atoms. The predicted octanol–water partition coefficient (Wildman–Crippen LogP) is 2.34. The van der Waals surface area contributed by atoms with E-state index in [0.717, 1.165) is 16.0 Å². The Morgan fingerprint density at radius 2 is 2.18 bits per heavy atom. The van der Waals surface area contributed by atoms with Crippen molar-refractivity contribution in [3.63, 3.8) is 0 Å². The van der Waals surface area contributed by atoms with Gasteiger partial charge in [0.05, 0.1) is 17.2 Å². The van der Waals surface area contributed by atoms with E-state index in [1.54, 1.807) is 6.07 Å². The Labute approximate surface area is 128 Å². The van der Waals surface area contributed by atoms with Crippen molar-refractivity contribution in [1.29, 1.82) is 0 Å². The summed E-state index contributed by atoms with van der Waals surface area (Å²) in [4.78, 5) is 23.1. The number of aliphatic carboxylic acids is 1. The molecule has 0 fully saturated rings. The van der Waals surface area contributed by atoms with Crippen molar-refractivity contribution < 1.29 is 18.7 Å². The number of carboxylic acids is 1. The topological polar surface area (TPSA) is 84.2 Å². The molecule has 0 spiro atoms. The van der Waals surface area contributed by atoms with E-state index in [0.29, 0.717) is 20.8 Å². The van der Waals surface area contributed by atoms with Gasteiger partial charge in [-0.1, -0.05) is 13.8 Å². The maximum atomic E-state index is 12.3. The van der Waals surface area contributed by atoms with Gasteiger partial charge in [0, 0.05) is 5.39 Å². The van der Waals surface area contributed by atoms with E-state index >= 15 is 0 Å². The van der Waals surface area contributed by atoms with Crippen LogP contribution in [-0.2, 0) is 11.3 Å². The Morgan fingerprint density at radius 3 is 2.73 bits per heavy atom. The van der Waals surface area contributed by atoms with E-state index in [1.165, 1.54) is 0 Å². The van der Waals surface area contributed by atoms with Crippen LogP contribution in [0.3, 0.4) is 0 Å². The molecule has 0 atom stereocenters. The van der Waals surface area contributed by atoms with Gasteiger partial charge < -0.3 is 10.4 Å². The first-order chi connectivity index (χ1) is 10.3. The minimum absolute atomic E-state index is 0.0410. The average Bonchev–Trinajstić information content (AvgIpc) is 2.83. The van der Waals surface area contributed by atoms with Gasteiger partial charge in [0.15, 0.2) is 0 Å². The largest absolute Gasteiger partial charge is 0.480 e. The van der Waals surface area contributed by atoms with Gasteiger partial charge in [-0.3, -0.25) is 9.59 Å². The SMILES string of the molecule is CC(C)c1nn(CC(=O)O)c(=O)c2sc(NCC(F)F)cc12. The molecule has 2 rings (SSSR count). The average molecular weight is 331 g/mol. The number of nitrogens with one attached hydrogen (secondary N) is 1. The summed E-state index contributed by atoms with van der Waals surface area (Å²) in [7, 11) is 0. The lowest BCUT2D eigenvalue weighted by Crippen LogP contribution is -2.27. The number of nitrogens with zero attached hydrogens (tertiary/aromatic N) is 2. The monoisotopic (exact) mass is 331 g/mol. The third kappa shape index (κ3) is 3.41. The van der Waals surface area contributed by atoms with Crippen molar-refractivity contribution in [2.75, 3.05) is 11.9 Å². The Bertz CT molecular complexity index is 755. The van der Waals surface area contributed by atoms with Crippen LogP contribution < -0.4 is 10.9 Å². The molecule has 0 aliphatic heterocycles. The van der Waals surface area contributed by atoms with Crippen LogP contribution in [0.15, 0.2) is 10.9 Å². The third-order valence-electron chi connectivity index (χ3n) is 2.93. The molecule has 0 aromatic carbocycles. The number of fused-ring (bicyclic) bond motifs is 1. The lowest BCUT2D eigenvalue weighted by molar-refractivity contribution is -0.138. The molecule has 120 valence electrons. The molecule has 2 heterocycles. The Kier molecular flexibility index (Phi) is 4.74. The number of rotatable bonds is 6. The fourth-order valence-corrected chi connectivity index (χ4v) is 3.03. The van der Waals surface area contributed by atoms with Gasteiger partial charge in [-0.05, 0) is 12.0 Å². The maximum Gasteiger partial charge on any atom is 0.325 e. The van der Waals surface area contributed by atoms with E-state index in [2.05, 4.69) is 10.4 Å². The standard InChI is InChI=1S/C13H15F2N3O3S/c1-6(2)11-7-3-9(16-4-8(14)15)22-12(7)13(21)18(17-11)5-10(19)20/h3,6,8,16H,4-5H2,1-2H3,(H,19,20). The summed E-state index contributed by atoms with van der Waals surface area (Å²) >= 11 is 1.03. The number of hydrogen-bond donors (Lipinski definition) is 2. The zero-order chi connectivity index (χ0) is 16.4. The number of halogens is 2. The molecular formula is C13H15F2N3O3S. The lowest BCUT2D eigenvalue weighted by Gasteiger charge is -2.09. The van der Waals surface area contributed by atoms with Crippen molar-refractivity contribution in [2.24, 2.45) is 0 Å². The van der Waals surface area contributed by atoms with Crippen LogP contribution in [0, 0.1) is 0 Å². The number of alkyl halides is 2. The van der Waals surface area contributed by atoms with Gasteiger partial charge in [-0.15, -0.1) is 11.3 Å². The third-order valence-corrected chi connectivity index (χ3v) is 4.01. The van der Waals surface area contributed by atoms with E-state index in [4.69, 9.17) is 5.11 Å². The van der Waals surface area contributed by atoms with Crippen LogP contribution in [0.1, 0.15) is 25.5 Å². The van der Waals surface area contributed by atoms with Crippen LogP contribution in [0.5, 0.6) is 0 Å². The van der Waals surface area contributed by atoms with E-state index < -0.39 is 31.0 Å². The molecular weight excluding hydrogens is 316 g/mol. The molecule has 0 aliphatic rings. The van der Waals surface area contributed by atoms with Gasteiger partial charge in [0.1, 0.15) is 11.2 Å². The van der Waals surface area contributed by atoms with E-state index in [1.807, 2.05) is 13.8 Å². The number of aromatic nitrogens is 2. The number of anilines is 1. The molecule has 0 unspecified atom stereocenters. The molecule has 0 radical (unpaired) electrons. The molecule has 9 heteroatoms. The summed E-state index contributed by atoms with van der Waals surface area (Å²) in [6, 6.07) is 1.61. The molecule has 0 saturated carbocycles. The van der Waals surface area contributed by atoms with Crippen LogP contribution in [0.2, 0.25) is 0 Å². The van der Waals surface area contributed by atoms with E-state index in [9.17, 15) is 18.4 Å². The van der Waals surface area contributed by atoms with Gasteiger partial charge in [0.2, 0.25) is 0 Å². The Hall–Kier alpha value is -2.03. The summed E-state index contributed by atoms with van der Waals surface area (Å²) in [5.41, 5.74) is 0.0362.